The lowest BCUT2D eigenvalue weighted by atomic mass is 9.94. The van der Waals surface area contributed by atoms with E-state index < -0.39 is 11.7 Å². The number of aromatic nitrogens is 3. The highest BCUT2D eigenvalue weighted by molar-refractivity contribution is 7.09. The minimum absolute atomic E-state index is 0.0768. The predicted molar refractivity (Wildman–Crippen MR) is 141 cm³/mol. The number of carbonyl (C=O) groups is 1. The molecule has 0 aliphatic carbocycles. The van der Waals surface area contributed by atoms with Gasteiger partial charge in [-0.3, -0.25) is 4.79 Å². The van der Waals surface area contributed by atoms with Gasteiger partial charge >= 0.3 is 0 Å². The van der Waals surface area contributed by atoms with E-state index in [4.69, 9.17) is 10.2 Å². The fraction of sp³-hybridized carbons (Fsp3) is 0.357. The molecule has 0 spiro atoms. The summed E-state index contributed by atoms with van der Waals surface area (Å²) in [6.45, 7) is 5.85. The molecule has 2 N–H and O–H groups in total. The molecule has 0 saturated carbocycles. The van der Waals surface area contributed by atoms with E-state index in [1.807, 2.05) is 54.5 Å². The maximum absolute atomic E-state index is 14.5. The molecule has 5 rings (SSSR count). The van der Waals surface area contributed by atoms with Crippen LogP contribution in [0, 0.1) is 6.92 Å². The van der Waals surface area contributed by atoms with Gasteiger partial charge < -0.3 is 15.1 Å². The van der Waals surface area contributed by atoms with Crippen molar-refractivity contribution in [1.82, 2.24) is 20.1 Å². The Morgan fingerprint density at radius 3 is 2.76 bits per heavy atom. The number of rotatable bonds is 7. The summed E-state index contributed by atoms with van der Waals surface area (Å²) in [6.07, 6.45) is 0.981. The Morgan fingerprint density at radius 2 is 2.05 bits per heavy atom. The van der Waals surface area contributed by atoms with E-state index >= 15 is 0 Å². The van der Waals surface area contributed by atoms with Crippen molar-refractivity contribution in [1.29, 1.82) is 0 Å². The highest BCUT2D eigenvalue weighted by Gasteiger charge is 2.33. The first-order valence-electron chi connectivity index (χ1n) is 12.4. The predicted octanol–water partition coefficient (Wildman–Crippen LogP) is 5.93. The maximum atomic E-state index is 14.5. The monoisotopic (exact) mass is 519 g/mol. The number of nitrogens with two attached hydrogens (primary N) is 1. The van der Waals surface area contributed by atoms with Crippen molar-refractivity contribution < 1.29 is 13.6 Å². The number of likely N-dealkylation sites (tertiary alicyclic amines) is 1. The summed E-state index contributed by atoms with van der Waals surface area (Å²) in [5.41, 5.74) is 8.89. The number of aryl methyl sites for hydroxylation is 1. The number of amides is 1. The molecule has 1 aliphatic heterocycles. The van der Waals surface area contributed by atoms with Crippen molar-refractivity contribution in [3.63, 3.8) is 0 Å². The molecular weight excluding hydrogens is 489 g/mol. The number of benzene rings is 2. The highest BCUT2D eigenvalue weighted by Crippen LogP contribution is 2.36. The summed E-state index contributed by atoms with van der Waals surface area (Å²) in [7, 11) is 0. The van der Waals surface area contributed by atoms with Gasteiger partial charge in [-0.2, -0.15) is 0 Å². The normalized spacial score (nSPS) is 18.1. The van der Waals surface area contributed by atoms with E-state index in [0.717, 1.165) is 29.1 Å². The smallest absolute Gasteiger partial charge is 0.254 e. The second-order valence-electron chi connectivity index (χ2n) is 9.94. The minimum Gasteiger partial charge on any atom is -0.419 e. The van der Waals surface area contributed by atoms with E-state index in [-0.39, 0.29) is 23.7 Å². The average molecular weight is 520 g/mol. The van der Waals surface area contributed by atoms with Gasteiger partial charge in [0.1, 0.15) is 11.2 Å². The van der Waals surface area contributed by atoms with E-state index in [2.05, 4.69) is 15.2 Å². The Bertz CT molecular complexity index is 1400. The number of thiazole rings is 1. The molecule has 0 bridgehead atoms. The van der Waals surface area contributed by atoms with Crippen LogP contribution in [0.2, 0.25) is 0 Å². The molecule has 4 aromatic rings. The fourth-order valence-corrected chi connectivity index (χ4v) is 5.69. The zero-order valence-electron chi connectivity index (χ0n) is 21.1. The van der Waals surface area contributed by atoms with Crippen molar-refractivity contribution in [2.24, 2.45) is 5.73 Å². The van der Waals surface area contributed by atoms with Crippen LogP contribution in [0.1, 0.15) is 77.0 Å². The van der Waals surface area contributed by atoms with Crippen molar-refractivity contribution >= 4 is 17.2 Å². The van der Waals surface area contributed by atoms with Gasteiger partial charge in [-0.15, -0.1) is 21.5 Å². The molecule has 7 nitrogen and oxygen atoms in total. The lowest BCUT2D eigenvalue weighted by molar-refractivity contribution is 0.0735. The molecule has 192 valence electrons. The largest absolute Gasteiger partial charge is 0.419 e. The van der Waals surface area contributed by atoms with E-state index in [1.54, 1.807) is 29.5 Å². The Hall–Kier alpha value is -3.43. The lowest BCUT2D eigenvalue weighted by Crippen LogP contribution is -2.35. The molecule has 9 heteroatoms. The lowest BCUT2D eigenvalue weighted by Gasteiger charge is -2.24. The molecule has 3 heterocycles. The summed E-state index contributed by atoms with van der Waals surface area (Å²) in [4.78, 5) is 20.1. The van der Waals surface area contributed by atoms with Crippen LogP contribution in [0.4, 0.5) is 4.39 Å². The molecule has 1 amide bonds. The van der Waals surface area contributed by atoms with Crippen LogP contribution < -0.4 is 5.73 Å². The summed E-state index contributed by atoms with van der Waals surface area (Å²) >= 11 is 1.57. The van der Waals surface area contributed by atoms with E-state index in [9.17, 15) is 9.18 Å². The van der Waals surface area contributed by atoms with Crippen LogP contribution >= 0.6 is 11.3 Å². The molecule has 1 aliphatic rings. The minimum atomic E-state index is -1.28. The second-order valence-corrected chi connectivity index (χ2v) is 10.8. The Balaban J connectivity index is 1.45. The van der Waals surface area contributed by atoms with Gasteiger partial charge in [-0.1, -0.05) is 30.3 Å². The number of carbonyl (C=O) groups excluding carboxylic acids is 1. The topological polar surface area (TPSA) is 98.1 Å². The standard InChI is InChI=1S/C28H30FN5O2S/c1-17-16-37-25(31-17)23-10-7-11-34(23)26(35)22-13-20(18(2)29)12-21(14-22)24-32-33-27(36-24)28(3,30)15-19-8-5-4-6-9-19/h4-6,8-9,12-14,16,18,23H,7,10-11,15,30H2,1-3H3/t18?,23-,28-/m1/s1. The maximum Gasteiger partial charge on any atom is 0.254 e. The van der Waals surface area contributed by atoms with E-state index in [0.29, 0.717) is 29.7 Å². The van der Waals surface area contributed by atoms with Gasteiger partial charge in [0.05, 0.1) is 11.6 Å². The molecule has 1 saturated heterocycles. The summed E-state index contributed by atoms with van der Waals surface area (Å²) in [5.74, 6) is 0.313. The van der Waals surface area contributed by atoms with Gasteiger partial charge in [0.2, 0.25) is 11.8 Å². The molecule has 2 aromatic carbocycles. The Morgan fingerprint density at radius 1 is 1.27 bits per heavy atom. The Labute approximate surface area is 219 Å². The van der Waals surface area contributed by atoms with Crippen LogP contribution in [0.15, 0.2) is 58.3 Å². The average Bonchev–Trinajstić information content (AvgIpc) is 3.64. The SMILES string of the molecule is Cc1csc([C@H]2CCCN2C(=O)c2cc(-c3nnc([C@](C)(N)Cc4ccccc4)o3)cc(C(C)F)c2)n1. The van der Waals surface area contributed by atoms with Crippen LogP contribution in [0.25, 0.3) is 11.5 Å². The first kappa shape index (κ1) is 25.2. The number of hydrogen-bond donors (Lipinski definition) is 1. The van der Waals surface area contributed by atoms with Gasteiger partial charge in [0, 0.05) is 28.7 Å². The van der Waals surface area contributed by atoms with Crippen molar-refractivity contribution in [2.75, 3.05) is 6.54 Å². The number of hydrogen-bond acceptors (Lipinski definition) is 7. The first-order valence-corrected chi connectivity index (χ1v) is 13.3. The summed E-state index contributed by atoms with van der Waals surface area (Å²) in [5, 5.41) is 11.3. The molecule has 37 heavy (non-hydrogen) atoms. The van der Waals surface area contributed by atoms with Gasteiger partial charge in [0.15, 0.2) is 0 Å². The number of halogens is 1. The van der Waals surface area contributed by atoms with E-state index in [1.165, 1.54) is 6.92 Å². The van der Waals surface area contributed by atoms with Crippen LogP contribution in [0.5, 0.6) is 0 Å². The molecular formula is C28H30FN5O2S. The van der Waals surface area contributed by atoms with Crippen molar-refractivity contribution in [3.8, 4) is 11.5 Å². The zero-order valence-corrected chi connectivity index (χ0v) is 22.0. The first-order chi connectivity index (χ1) is 17.7. The van der Waals surface area contributed by atoms with Crippen molar-refractivity contribution in [2.45, 2.75) is 57.8 Å². The van der Waals surface area contributed by atoms with Crippen LogP contribution in [0.3, 0.4) is 0 Å². The zero-order chi connectivity index (χ0) is 26.2. The third-order valence-corrected chi connectivity index (χ3v) is 7.74. The molecule has 1 unspecified atom stereocenters. The highest BCUT2D eigenvalue weighted by atomic mass is 32.1. The second kappa shape index (κ2) is 10.1. The number of alkyl halides is 1. The summed E-state index contributed by atoms with van der Waals surface area (Å²) < 4.78 is 20.5. The molecule has 0 radical (unpaired) electrons. The van der Waals surface area contributed by atoms with Crippen LogP contribution in [-0.2, 0) is 12.0 Å². The third-order valence-electron chi connectivity index (χ3n) is 6.67. The molecule has 1 fully saturated rings. The van der Waals surface area contributed by atoms with Gasteiger partial charge in [-0.05, 0) is 69.4 Å². The third kappa shape index (κ3) is 5.33. The van der Waals surface area contributed by atoms with Gasteiger partial charge in [0.25, 0.3) is 5.91 Å². The van der Waals surface area contributed by atoms with Gasteiger partial charge in [-0.25, -0.2) is 9.37 Å². The molecule has 3 atom stereocenters. The molecule has 2 aromatic heterocycles. The summed E-state index contributed by atoms with van der Waals surface area (Å²) in [6, 6.07) is 14.7. The quantitative estimate of drug-likeness (QED) is 0.325. The van der Waals surface area contributed by atoms with Crippen molar-refractivity contribution in [3.05, 3.63) is 87.2 Å². The number of nitrogens with zero attached hydrogens (tertiary/aromatic N) is 4. The van der Waals surface area contributed by atoms with Crippen LogP contribution in [-0.4, -0.2) is 32.5 Å². The Kier molecular flexibility index (Phi) is 6.92. The fourth-order valence-electron chi connectivity index (χ4n) is 4.75.